The van der Waals surface area contributed by atoms with Gasteiger partial charge in [0.15, 0.2) is 11.5 Å². The van der Waals surface area contributed by atoms with Crippen LogP contribution in [0.15, 0.2) is 60.2 Å². The molecule has 2 N–H and O–H groups in total. The molecule has 0 fully saturated rings. The Labute approximate surface area is 195 Å². The van der Waals surface area contributed by atoms with Crippen molar-refractivity contribution in [1.82, 2.24) is 0 Å². The molecule has 5 nitrogen and oxygen atoms in total. The molecule has 3 rings (SSSR count). The van der Waals surface area contributed by atoms with Crippen molar-refractivity contribution in [1.29, 1.82) is 0 Å². The number of methoxy groups -OCH3 is 2. The van der Waals surface area contributed by atoms with Crippen LogP contribution in [-0.2, 0) is 0 Å². The second-order valence-electron chi connectivity index (χ2n) is 8.18. The first-order valence-corrected chi connectivity index (χ1v) is 10.7. The first kappa shape index (κ1) is 24.0. The van der Waals surface area contributed by atoms with Crippen LogP contribution < -0.4 is 19.7 Å². The number of anilines is 2. The van der Waals surface area contributed by atoms with Crippen molar-refractivity contribution in [3.63, 3.8) is 0 Å². The maximum absolute atomic E-state index is 14.8. The summed E-state index contributed by atoms with van der Waals surface area (Å²) in [6.45, 7) is 4.53. The SMILES string of the molecule is COc1cc(-c2ccc(NCC=C(C)C)c(F)c2)c(OC)c(O)c1-c1ccc(N(C)C)cc1. The highest BCUT2D eigenvalue weighted by atomic mass is 19.1. The fourth-order valence-corrected chi connectivity index (χ4v) is 3.60. The van der Waals surface area contributed by atoms with Gasteiger partial charge in [-0.15, -0.1) is 0 Å². The van der Waals surface area contributed by atoms with Crippen LogP contribution in [0.5, 0.6) is 17.2 Å². The molecule has 0 aliphatic carbocycles. The summed E-state index contributed by atoms with van der Waals surface area (Å²) in [4.78, 5) is 2.00. The van der Waals surface area contributed by atoms with Crippen LogP contribution in [0.1, 0.15) is 13.8 Å². The van der Waals surface area contributed by atoms with E-state index < -0.39 is 5.82 Å². The van der Waals surface area contributed by atoms with Gasteiger partial charge in [-0.25, -0.2) is 4.39 Å². The summed E-state index contributed by atoms with van der Waals surface area (Å²) in [6.07, 6.45) is 1.99. The quantitative estimate of drug-likeness (QED) is 0.393. The minimum absolute atomic E-state index is 0.0596. The third-order valence-electron chi connectivity index (χ3n) is 5.40. The van der Waals surface area contributed by atoms with E-state index in [1.807, 2.05) is 63.2 Å². The molecule has 3 aromatic rings. The van der Waals surface area contributed by atoms with Gasteiger partial charge in [-0.3, -0.25) is 0 Å². The van der Waals surface area contributed by atoms with Crippen LogP contribution in [0.3, 0.4) is 0 Å². The number of halogens is 1. The van der Waals surface area contributed by atoms with Crippen molar-refractivity contribution in [2.75, 3.05) is 45.1 Å². The smallest absolute Gasteiger partial charge is 0.170 e. The molecular weight excluding hydrogens is 419 g/mol. The molecule has 6 heteroatoms. The number of ether oxygens (including phenoxy) is 2. The Kier molecular flexibility index (Phi) is 7.48. The molecule has 0 spiro atoms. The first-order chi connectivity index (χ1) is 15.8. The molecule has 0 atom stereocenters. The number of hydrogen-bond donors (Lipinski definition) is 2. The van der Waals surface area contributed by atoms with Gasteiger partial charge >= 0.3 is 0 Å². The molecule has 0 unspecified atom stereocenters. The minimum Gasteiger partial charge on any atom is -0.504 e. The van der Waals surface area contributed by atoms with E-state index in [4.69, 9.17) is 9.47 Å². The average molecular weight is 451 g/mol. The molecule has 33 heavy (non-hydrogen) atoms. The van der Waals surface area contributed by atoms with Gasteiger partial charge in [-0.1, -0.05) is 29.8 Å². The lowest BCUT2D eigenvalue weighted by molar-refractivity contribution is 0.369. The predicted octanol–water partition coefficient (Wildman–Crippen LogP) is 6.33. The number of hydrogen-bond acceptors (Lipinski definition) is 5. The molecule has 174 valence electrons. The molecule has 0 amide bonds. The number of nitrogens with zero attached hydrogens (tertiary/aromatic N) is 1. The molecule has 0 radical (unpaired) electrons. The predicted molar refractivity (Wildman–Crippen MR) is 134 cm³/mol. The van der Waals surface area contributed by atoms with E-state index >= 15 is 0 Å². The molecule has 0 aromatic heterocycles. The second kappa shape index (κ2) is 10.3. The summed E-state index contributed by atoms with van der Waals surface area (Å²) >= 11 is 0. The summed E-state index contributed by atoms with van der Waals surface area (Å²) in [5.74, 6) is 0.272. The van der Waals surface area contributed by atoms with E-state index in [2.05, 4.69) is 5.32 Å². The van der Waals surface area contributed by atoms with Gasteiger partial charge in [0.1, 0.15) is 11.6 Å². The van der Waals surface area contributed by atoms with Crippen molar-refractivity contribution in [2.45, 2.75) is 13.8 Å². The Hall–Kier alpha value is -3.67. The van der Waals surface area contributed by atoms with Gasteiger partial charge < -0.3 is 24.8 Å². The zero-order chi connectivity index (χ0) is 24.1. The minimum atomic E-state index is -0.390. The van der Waals surface area contributed by atoms with Gasteiger partial charge in [0, 0.05) is 31.9 Å². The van der Waals surface area contributed by atoms with Crippen LogP contribution in [0.2, 0.25) is 0 Å². The number of phenolic OH excluding ortho intramolecular Hbond substituents is 1. The van der Waals surface area contributed by atoms with Crippen molar-refractivity contribution in [3.05, 3.63) is 66.0 Å². The average Bonchev–Trinajstić information content (AvgIpc) is 2.79. The number of nitrogens with one attached hydrogen (secondary N) is 1. The maximum atomic E-state index is 14.8. The van der Waals surface area contributed by atoms with Crippen LogP contribution >= 0.6 is 0 Å². The van der Waals surface area contributed by atoms with E-state index in [1.54, 1.807) is 25.3 Å². The molecule has 3 aromatic carbocycles. The summed E-state index contributed by atoms with van der Waals surface area (Å²) < 4.78 is 26.0. The Bertz CT molecular complexity index is 1150. The monoisotopic (exact) mass is 450 g/mol. The Morgan fingerprint density at radius 2 is 1.67 bits per heavy atom. The zero-order valence-electron chi connectivity index (χ0n) is 20.0. The number of rotatable bonds is 8. The lowest BCUT2D eigenvalue weighted by Gasteiger charge is -2.19. The highest BCUT2D eigenvalue weighted by Gasteiger charge is 2.22. The molecular formula is C27H31FN2O3. The number of benzene rings is 3. The second-order valence-corrected chi connectivity index (χ2v) is 8.18. The van der Waals surface area contributed by atoms with Gasteiger partial charge in [0.25, 0.3) is 0 Å². The van der Waals surface area contributed by atoms with E-state index in [0.717, 1.165) is 16.8 Å². The van der Waals surface area contributed by atoms with E-state index in [0.29, 0.717) is 34.7 Å². The molecule has 0 aliphatic heterocycles. The zero-order valence-corrected chi connectivity index (χ0v) is 20.0. The molecule has 0 aliphatic rings. The summed E-state index contributed by atoms with van der Waals surface area (Å²) in [7, 11) is 6.95. The lowest BCUT2D eigenvalue weighted by Crippen LogP contribution is -2.07. The van der Waals surface area contributed by atoms with E-state index in [9.17, 15) is 9.50 Å². The highest BCUT2D eigenvalue weighted by molar-refractivity contribution is 5.88. The largest absolute Gasteiger partial charge is 0.504 e. The normalized spacial score (nSPS) is 10.5. The fourth-order valence-electron chi connectivity index (χ4n) is 3.60. The van der Waals surface area contributed by atoms with Gasteiger partial charge in [-0.05, 0) is 55.3 Å². The van der Waals surface area contributed by atoms with Crippen LogP contribution in [0, 0.1) is 5.82 Å². The van der Waals surface area contributed by atoms with E-state index in [1.165, 1.54) is 13.2 Å². The van der Waals surface area contributed by atoms with Crippen molar-refractivity contribution < 1.29 is 19.0 Å². The Morgan fingerprint density at radius 3 is 2.21 bits per heavy atom. The summed E-state index contributed by atoms with van der Waals surface area (Å²) in [6, 6.07) is 14.4. The number of aromatic hydroxyl groups is 1. The van der Waals surface area contributed by atoms with Crippen LogP contribution in [-0.4, -0.2) is 40.0 Å². The first-order valence-electron chi connectivity index (χ1n) is 10.7. The molecule has 0 saturated carbocycles. The fraction of sp³-hybridized carbons (Fsp3) is 0.259. The van der Waals surface area contributed by atoms with Crippen molar-refractivity contribution >= 4 is 11.4 Å². The molecule has 0 saturated heterocycles. The molecule has 0 heterocycles. The highest BCUT2D eigenvalue weighted by Crippen LogP contribution is 2.49. The number of phenols is 1. The van der Waals surface area contributed by atoms with Gasteiger partial charge in [0.05, 0.1) is 25.5 Å². The summed E-state index contributed by atoms with van der Waals surface area (Å²) in [5.41, 5.74) is 5.01. The van der Waals surface area contributed by atoms with Gasteiger partial charge in [0.2, 0.25) is 0 Å². The van der Waals surface area contributed by atoms with Crippen molar-refractivity contribution in [3.8, 4) is 39.5 Å². The third kappa shape index (κ3) is 5.22. The lowest BCUT2D eigenvalue weighted by atomic mass is 9.96. The third-order valence-corrected chi connectivity index (χ3v) is 5.40. The van der Waals surface area contributed by atoms with E-state index in [-0.39, 0.29) is 11.5 Å². The topological polar surface area (TPSA) is 54.0 Å². The summed E-state index contributed by atoms with van der Waals surface area (Å²) in [5, 5.41) is 14.2. The standard InChI is InChI=1S/C27H31FN2O3/c1-17(2)13-14-29-23-12-9-19(15-22(23)28)21-16-24(32-5)25(26(31)27(21)33-6)18-7-10-20(11-8-18)30(3)4/h7-13,15-16,29,31H,14H2,1-6H3. The van der Waals surface area contributed by atoms with Gasteiger partial charge in [-0.2, -0.15) is 0 Å². The number of allylic oxidation sites excluding steroid dienone is 1. The molecule has 0 bridgehead atoms. The Morgan fingerprint density at radius 1 is 1.00 bits per heavy atom. The van der Waals surface area contributed by atoms with Crippen LogP contribution in [0.25, 0.3) is 22.3 Å². The van der Waals surface area contributed by atoms with Crippen LogP contribution in [0.4, 0.5) is 15.8 Å². The van der Waals surface area contributed by atoms with Crippen molar-refractivity contribution in [2.24, 2.45) is 0 Å². The maximum Gasteiger partial charge on any atom is 0.170 e. The Balaban J connectivity index is 2.06.